The molecule has 14 heavy (non-hydrogen) atoms. The topological polar surface area (TPSA) is 35.2 Å². The van der Waals surface area contributed by atoms with Gasteiger partial charge in [0, 0.05) is 23.6 Å². The van der Waals surface area contributed by atoms with Crippen LogP contribution in [0.5, 0.6) is 5.75 Å². The zero-order chi connectivity index (χ0) is 9.42. The predicted octanol–water partition coefficient (Wildman–Crippen LogP) is 2.20. The summed E-state index contributed by atoms with van der Waals surface area (Å²) in [5, 5.41) is 0. The minimum absolute atomic E-state index is 0. The second-order valence-corrected chi connectivity index (χ2v) is 3.37. The van der Waals surface area contributed by atoms with Gasteiger partial charge in [-0.3, -0.25) is 0 Å². The number of benzene rings is 1. The van der Waals surface area contributed by atoms with E-state index in [1.165, 1.54) is 6.07 Å². The minimum Gasteiger partial charge on any atom is -0.493 e. The molecule has 1 aliphatic heterocycles. The maximum Gasteiger partial charge on any atom is 0.128 e. The molecule has 4 heteroatoms. The van der Waals surface area contributed by atoms with Crippen LogP contribution in [0.1, 0.15) is 24.1 Å². The highest BCUT2D eigenvalue weighted by Gasteiger charge is 2.17. The van der Waals surface area contributed by atoms with Crippen molar-refractivity contribution in [3.05, 3.63) is 29.1 Å². The normalized spacial score (nSPS) is 15.4. The van der Waals surface area contributed by atoms with Crippen LogP contribution in [0.4, 0.5) is 4.39 Å². The van der Waals surface area contributed by atoms with Gasteiger partial charge in [-0.15, -0.1) is 12.4 Å². The van der Waals surface area contributed by atoms with Crippen LogP contribution in [-0.4, -0.2) is 6.61 Å². The number of halogens is 2. The standard InChI is InChI=1S/C10H12FNO.ClH/c1-6(12)8-5-10-7(2-3-13-10)4-9(8)11;/h4-6H,2-3,12H2,1H3;1H/t6-;/m0./s1. The number of rotatable bonds is 1. The molecule has 0 fully saturated rings. The predicted molar refractivity (Wildman–Crippen MR) is 55.4 cm³/mol. The van der Waals surface area contributed by atoms with E-state index in [0.29, 0.717) is 12.2 Å². The third-order valence-electron chi connectivity index (χ3n) is 2.30. The Hall–Kier alpha value is -0.800. The van der Waals surface area contributed by atoms with E-state index in [2.05, 4.69) is 0 Å². The zero-order valence-corrected chi connectivity index (χ0v) is 8.73. The van der Waals surface area contributed by atoms with Crippen LogP contribution in [0.2, 0.25) is 0 Å². The van der Waals surface area contributed by atoms with Crippen molar-refractivity contribution in [2.24, 2.45) is 5.73 Å². The van der Waals surface area contributed by atoms with Gasteiger partial charge >= 0.3 is 0 Å². The van der Waals surface area contributed by atoms with Crippen molar-refractivity contribution >= 4 is 12.4 Å². The largest absolute Gasteiger partial charge is 0.493 e. The number of nitrogens with two attached hydrogens (primary N) is 1. The lowest BCUT2D eigenvalue weighted by Crippen LogP contribution is -2.07. The van der Waals surface area contributed by atoms with Gasteiger partial charge in [0.1, 0.15) is 11.6 Å². The Kier molecular flexibility index (Phi) is 3.34. The SMILES string of the molecule is C[C@H](N)c1cc2c(cc1F)CCO2.Cl. The first-order valence-electron chi connectivity index (χ1n) is 4.39. The molecule has 1 heterocycles. The Labute approximate surface area is 88.7 Å². The van der Waals surface area contributed by atoms with E-state index in [1.54, 1.807) is 13.0 Å². The molecule has 0 aliphatic carbocycles. The molecule has 0 amide bonds. The summed E-state index contributed by atoms with van der Waals surface area (Å²) in [7, 11) is 0. The maximum atomic E-state index is 13.4. The van der Waals surface area contributed by atoms with Gasteiger partial charge in [-0.1, -0.05) is 0 Å². The van der Waals surface area contributed by atoms with Gasteiger partial charge in [0.05, 0.1) is 6.61 Å². The molecule has 1 aliphatic rings. The molecule has 1 atom stereocenters. The van der Waals surface area contributed by atoms with Gasteiger partial charge < -0.3 is 10.5 Å². The maximum absolute atomic E-state index is 13.4. The molecule has 2 nitrogen and oxygen atoms in total. The second kappa shape index (κ2) is 4.15. The molecule has 0 unspecified atom stereocenters. The lowest BCUT2D eigenvalue weighted by Gasteiger charge is -2.08. The van der Waals surface area contributed by atoms with Gasteiger partial charge in [-0.2, -0.15) is 0 Å². The molecule has 78 valence electrons. The fraction of sp³-hybridized carbons (Fsp3) is 0.400. The van der Waals surface area contributed by atoms with Gasteiger partial charge in [-0.25, -0.2) is 4.39 Å². The molecular formula is C10H13ClFNO. The van der Waals surface area contributed by atoms with E-state index < -0.39 is 0 Å². The van der Waals surface area contributed by atoms with Crippen LogP contribution in [0.3, 0.4) is 0 Å². The first kappa shape index (κ1) is 11.3. The third kappa shape index (κ3) is 1.83. The molecule has 0 spiro atoms. The lowest BCUT2D eigenvalue weighted by molar-refractivity contribution is 0.356. The van der Waals surface area contributed by atoms with Crippen molar-refractivity contribution in [1.82, 2.24) is 0 Å². The first-order chi connectivity index (χ1) is 6.18. The van der Waals surface area contributed by atoms with Crippen LogP contribution in [0.15, 0.2) is 12.1 Å². The molecular weight excluding hydrogens is 205 g/mol. The van der Waals surface area contributed by atoms with Crippen molar-refractivity contribution < 1.29 is 9.13 Å². The molecule has 0 saturated heterocycles. The van der Waals surface area contributed by atoms with Crippen molar-refractivity contribution in [2.75, 3.05) is 6.61 Å². The van der Waals surface area contributed by atoms with Crippen LogP contribution in [0.25, 0.3) is 0 Å². The average Bonchev–Trinajstić information content (AvgIpc) is 2.48. The van der Waals surface area contributed by atoms with E-state index in [4.69, 9.17) is 10.5 Å². The Morgan fingerprint density at radius 2 is 2.21 bits per heavy atom. The van der Waals surface area contributed by atoms with Crippen molar-refractivity contribution in [1.29, 1.82) is 0 Å². The summed E-state index contributed by atoms with van der Waals surface area (Å²) < 4.78 is 18.7. The fourth-order valence-corrected chi connectivity index (χ4v) is 1.56. The van der Waals surface area contributed by atoms with E-state index in [0.717, 1.165) is 17.7 Å². The minimum atomic E-state index is -0.283. The van der Waals surface area contributed by atoms with Crippen molar-refractivity contribution in [3.8, 4) is 5.75 Å². The summed E-state index contributed by atoms with van der Waals surface area (Å²) in [6.07, 6.45) is 0.797. The Bertz CT molecular complexity index is 341. The van der Waals surface area contributed by atoms with Gasteiger partial charge in [0.25, 0.3) is 0 Å². The lowest BCUT2D eigenvalue weighted by atomic mass is 10.0. The number of hydrogen-bond acceptors (Lipinski definition) is 2. The van der Waals surface area contributed by atoms with Crippen molar-refractivity contribution in [2.45, 2.75) is 19.4 Å². The van der Waals surface area contributed by atoms with Crippen LogP contribution in [0, 0.1) is 5.82 Å². The Morgan fingerprint density at radius 1 is 1.50 bits per heavy atom. The monoisotopic (exact) mass is 217 g/mol. The highest BCUT2D eigenvalue weighted by molar-refractivity contribution is 5.85. The molecule has 1 aromatic carbocycles. The number of fused-ring (bicyclic) bond motifs is 1. The summed E-state index contributed by atoms with van der Waals surface area (Å²) >= 11 is 0. The van der Waals surface area contributed by atoms with Crippen LogP contribution in [-0.2, 0) is 6.42 Å². The summed E-state index contributed by atoms with van der Waals surface area (Å²) in [5.74, 6) is 0.563. The Morgan fingerprint density at radius 3 is 2.86 bits per heavy atom. The molecule has 0 aromatic heterocycles. The average molecular weight is 218 g/mol. The summed E-state index contributed by atoms with van der Waals surface area (Å²) in [5.41, 5.74) is 7.09. The third-order valence-corrected chi connectivity index (χ3v) is 2.30. The van der Waals surface area contributed by atoms with Gasteiger partial charge in [0.15, 0.2) is 0 Å². The highest BCUT2D eigenvalue weighted by atomic mass is 35.5. The molecule has 2 rings (SSSR count). The fourth-order valence-electron chi connectivity index (χ4n) is 1.56. The molecule has 2 N–H and O–H groups in total. The van der Waals surface area contributed by atoms with E-state index in [9.17, 15) is 4.39 Å². The number of hydrogen-bond donors (Lipinski definition) is 1. The summed E-state index contributed by atoms with van der Waals surface area (Å²) in [6, 6.07) is 2.96. The molecule has 0 saturated carbocycles. The van der Waals surface area contributed by atoms with Crippen LogP contribution >= 0.6 is 12.4 Å². The zero-order valence-electron chi connectivity index (χ0n) is 7.92. The quantitative estimate of drug-likeness (QED) is 0.783. The first-order valence-corrected chi connectivity index (χ1v) is 4.39. The highest BCUT2D eigenvalue weighted by Crippen LogP contribution is 2.30. The van der Waals surface area contributed by atoms with Gasteiger partial charge in [0.2, 0.25) is 0 Å². The molecule has 0 bridgehead atoms. The van der Waals surface area contributed by atoms with Crippen LogP contribution < -0.4 is 10.5 Å². The second-order valence-electron chi connectivity index (χ2n) is 3.37. The number of ether oxygens (including phenoxy) is 1. The molecule has 0 radical (unpaired) electrons. The van der Waals surface area contributed by atoms with Crippen molar-refractivity contribution in [3.63, 3.8) is 0 Å². The molecule has 1 aromatic rings. The summed E-state index contributed by atoms with van der Waals surface area (Å²) in [6.45, 7) is 2.41. The van der Waals surface area contributed by atoms with E-state index in [-0.39, 0.29) is 24.3 Å². The smallest absolute Gasteiger partial charge is 0.128 e. The Balaban J connectivity index is 0.000000980. The summed E-state index contributed by atoms with van der Waals surface area (Å²) in [4.78, 5) is 0. The van der Waals surface area contributed by atoms with Gasteiger partial charge in [-0.05, 0) is 19.1 Å². The van der Waals surface area contributed by atoms with E-state index >= 15 is 0 Å². The van der Waals surface area contributed by atoms with E-state index in [1.807, 2.05) is 0 Å².